The first-order valence-corrected chi connectivity index (χ1v) is 5.32. The molecule has 1 unspecified atom stereocenters. The summed E-state index contributed by atoms with van der Waals surface area (Å²) in [7, 11) is 1.34. The smallest absolute Gasteiger partial charge is 0.328 e. The standard InChI is InChI=1S/C12H16N2O3/c1-3-10(12(16)17-2)14-9-6-4-5-8(7-9)11(13)15/h4-7,10,14H,3H2,1-2H3,(H2,13,15). The summed E-state index contributed by atoms with van der Waals surface area (Å²) >= 11 is 0. The van der Waals surface area contributed by atoms with Crippen LogP contribution in [0.4, 0.5) is 5.69 Å². The number of methoxy groups -OCH3 is 1. The van der Waals surface area contributed by atoms with E-state index < -0.39 is 11.9 Å². The van der Waals surface area contributed by atoms with Gasteiger partial charge < -0.3 is 15.8 Å². The second kappa shape index (κ2) is 5.89. The Morgan fingerprint density at radius 3 is 2.71 bits per heavy atom. The predicted octanol–water partition coefficient (Wildman–Crippen LogP) is 1.15. The average molecular weight is 236 g/mol. The third-order valence-electron chi connectivity index (χ3n) is 2.38. The van der Waals surface area contributed by atoms with Gasteiger partial charge in [-0.3, -0.25) is 4.79 Å². The number of nitrogens with one attached hydrogen (secondary N) is 1. The normalized spacial score (nSPS) is 11.6. The molecule has 17 heavy (non-hydrogen) atoms. The van der Waals surface area contributed by atoms with E-state index in [-0.39, 0.29) is 5.97 Å². The summed E-state index contributed by atoms with van der Waals surface area (Å²) in [5.74, 6) is -0.836. The molecule has 0 saturated heterocycles. The molecule has 1 amide bonds. The van der Waals surface area contributed by atoms with Gasteiger partial charge in [0.25, 0.3) is 0 Å². The first-order chi connectivity index (χ1) is 8.08. The summed E-state index contributed by atoms with van der Waals surface area (Å²) in [6.45, 7) is 1.87. The number of amides is 1. The minimum atomic E-state index is -0.500. The molecule has 5 nitrogen and oxygen atoms in total. The first-order valence-electron chi connectivity index (χ1n) is 5.32. The number of primary amides is 1. The van der Waals surface area contributed by atoms with Gasteiger partial charge in [0.15, 0.2) is 0 Å². The lowest BCUT2D eigenvalue weighted by atomic mass is 10.1. The molecule has 92 valence electrons. The summed E-state index contributed by atoms with van der Waals surface area (Å²) < 4.78 is 4.66. The average Bonchev–Trinajstić information content (AvgIpc) is 2.35. The topological polar surface area (TPSA) is 81.4 Å². The highest BCUT2D eigenvalue weighted by atomic mass is 16.5. The third-order valence-corrected chi connectivity index (χ3v) is 2.38. The molecular formula is C12H16N2O3. The molecule has 0 spiro atoms. The van der Waals surface area contributed by atoms with E-state index in [9.17, 15) is 9.59 Å². The number of carbonyl (C=O) groups excluding carboxylic acids is 2. The van der Waals surface area contributed by atoms with E-state index >= 15 is 0 Å². The third kappa shape index (κ3) is 3.48. The van der Waals surface area contributed by atoms with Gasteiger partial charge in [-0.2, -0.15) is 0 Å². The Morgan fingerprint density at radius 2 is 2.18 bits per heavy atom. The number of rotatable bonds is 5. The molecule has 0 radical (unpaired) electrons. The molecule has 5 heteroatoms. The molecular weight excluding hydrogens is 220 g/mol. The zero-order valence-electron chi connectivity index (χ0n) is 9.90. The van der Waals surface area contributed by atoms with Crippen LogP contribution >= 0.6 is 0 Å². The predicted molar refractivity (Wildman–Crippen MR) is 64.7 cm³/mol. The molecule has 1 aromatic carbocycles. The van der Waals surface area contributed by atoms with Gasteiger partial charge in [0.05, 0.1) is 7.11 Å². The maximum Gasteiger partial charge on any atom is 0.328 e. The van der Waals surface area contributed by atoms with Crippen molar-refractivity contribution < 1.29 is 14.3 Å². The lowest BCUT2D eigenvalue weighted by Gasteiger charge is -2.15. The van der Waals surface area contributed by atoms with Gasteiger partial charge in [-0.05, 0) is 24.6 Å². The van der Waals surface area contributed by atoms with Crippen LogP contribution in [0.15, 0.2) is 24.3 Å². The molecule has 3 N–H and O–H groups in total. The van der Waals surface area contributed by atoms with E-state index in [0.717, 1.165) is 0 Å². The number of hydrogen-bond donors (Lipinski definition) is 2. The van der Waals surface area contributed by atoms with Crippen LogP contribution in [-0.4, -0.2) is 25.0 Å². The van der Waals surface area contributed by atoms with Crippen molar-refractivity contribution in [1.29, 1.82) is 0 Å². The second-order valence-electron chi connectivity index (χ2n) is 3.57. The van der Waals surface area contributed by atoms with Crippen molar-refractivity contribution in [3.63, 3.8) is 0 Å². The minimum absolute atomic E-state index is 0.336. The quantitative estimate of drug-likeness (QED) is 0.751. The van der Waals surface area contributed by atoms with Gasteiger partial charge in [-0.1, -0.05) is 13.0 Å². The zero-order valence-corrected chi connectivity index (χ0v) is 9.90. The molecule has 1 aromatic rings. The number of anilines is 1. The van der Waals surface area contributed by atoms with E-state index in [2.05, 4.69) is 10.1 Å². The number of ether oxygens (including phenoxy) is 1. The molecule has 1 rings (SSSR count). The van der Waals surface area contributed by atoms with Crippen molar-refractivity contribution in [2.75, 3.05) is 12.4 Å². The van der Waals surface area contributed by atoms with Crippen LogP contribution in [0, 0.1) is 0 Å². The van der Waals surface area contributed by atoms with Gasteiger partial charge in [0.2, 0.25) is 5.91 Å². The van der Waals surface area contributed by atoms with Gasteiger partial charge >= 0.3 is 5.97 Å². The molecule has 0 aliphatic carbocycles. The van der Waals surface area contributed by atoms with Crippen LogP contribution in [0.3, 0.4) is 0 Å². The number of hydrogen-bond acceptors (Lipinski definition) is 4. The van der Waals surface area contributed by atoms with E-state index in [4.69, 9.17) is 5.73 Å². The Hall–Kier alpha value is -2.04. The van der Waals surface area contributed by atoms with Crippen LogP contribution in [0.25, 0.3) is 0 Å². The van der Waals surface area contributed by atoms with Crippen molar-refractivity contribution in [3.05, 3.63) is 29.8 Å². The van der Waals surface area contributed by atoms with Crippen molar-refractivity contribution >= 4 is 17.6 Å². The maximum atomic E-state index is 11.4. The fourth-order valence-electron chi connectivity index (χ4n) is 1.43. The van der Waals surface area contributed by atoms with Crippen molar-refractivity contribution in [1.82, 2.24) is 0 Å². The van der Waals surface area contributed by atoms with E-state index in [1.807, 2.05) is 6.92 Å². The molecule has 0 aliphatic rings. The Balaban J connectivity index is 2.83. The molecule has 0 saturated carbocycles. The highest BCUT2D eigenvalue weighted by Gasteiger charge is 2.16. The Bertz CT molecular complexity index is 418. The molecule has 0 heterocycles. The van der Waals surface area contributed by atoms with E-state index in [1.165, 1.54) is 7.11 Å². The van der Waals surface area contributed by atoms with Crippen molar-refractivity contribution in [3.8, 4) is 0 Å². The molecule has 0 fully saturated rings. The van der Waals surface area contributed by atoms with Gasteiger partial charge in [-0.25, -0.2) is 4.79 Å². The van der Waals surface area contributed by atoms with E-state index in [0.29, 0.717) is 17.7 Å². The lowest BCUT2D eigenvalue weighted by molar-refractivity contribution is -0.141. The number of benzene rings is 1. The number of carbonyl (C=O) groups is 2. The molecule has 0 aliphatic heterocycles. The van der Waals surface area contributed by atoms with Gasteiger partial charge in [-0.15, -0.1) is 0 Å². The summed E-state index contributed by atoms with van der Waals surface area (Å²) in [6, 6.07) is 6.26. The van der Waals surface area contributed by atoms with Crippen LogP contribution < -0.4 is 11.1 Å². The Kier molecular flexibility index (Phi) is 4.51. The summed E-state index contributed by atoms with van der Waals surface area (Å²) in [6.07, 6.45) is 0.591. The molecule has 0 bridgehead atoms. The van der Waals surface area contributed by atoms with Crippen LogP contribution in [0.5, 0.6) is 0 Å². The number of esters is 1. The summed E-state index contributed by atoms with van der Waals surface area (Å²) in [4.78, 5) is 22.4. The Labute approximate surface area is 99.9 Å². The van der Waals surface area contributed by atoms with Gasteiger partial charge in [0.1, 0.15) is 6.04 Å². The summed E-state index contributed by atoms with van der Waals surface area (Å²) in [5, 5.41) is 2.99. The van der Waals surface area contributed by atoms with Crippen molar-refractivity contribution in [2.45, 2.75) is 19.4 Å². The van der Waals surface area contributed by atoms with E-state index in [1.54, 1.807) is 24.3 Å². The lowest BCUT2D eigenvalue weighted by Crippen LogP contribution is -2.29. The largest absolute Gasteiger partial charge is 0.467 e. The highest BCUT2D eigenvalue weighted by Crippen LogP contribution is 2.13. The van der Waals surface area contributed by atoms with Crippen LogP contribution in [0.2, 0.25) is 0 Å². The molecule has 1 atom stereocenters. The van der Waals surface area contributed by atoms with Crippen LogP contribution in [0.1, 0.15) is 23.7 Å². The number of nitrogens with two attached hydrogens (primary N) is 1. The van der Waals surface area contributed by atoms with Crippen molar-refractivity contribution in [2.24, 2.45) is 5.73 Å². The highest BCUT2D eigenvalue weighted by molar-refractivity contribution is 5.93. The van der Waals surface area contributed by atoms with Crippen LogP contribution in [-0.2, 0) is 9.53 Å². The maximum absolute atomic E-state index is 11.4. The Morgan fingerprint density at radius 1 is 1.47 bits per heavy atom. The second-order valence-corrected chi connectivity index (χ2v) is 3.57. The minimum Gasteiger partial charge on any atom is -0.467 e. The SMILES string of the molecule is CCC(Nc1cccc(C(N)=O)c1)C(=O)OC. The first kappa shape index (κ1) is 13.0. The fraction of sp³-hybridized carbons (Fsp3) is 0.333. The fourth-order valence-corrected chi connectivity index (χ4v) is 1.43. The monoisotopic (exact) mass is 236 g/mol. The molecule has 0 aromatic heterocycles. The van der Waals surface area contributed by atoms with Gasteiger partial charge in [0, 0.05) is 11.3 Å². The summed E-state index contributed by atoms with van der Waals surface area (Å²) in [5.41, 5.74) is 6.24. The zero-order chi connectivity index (χ0) is 12.8.